The third kappa shape index (κ3) is 5.10. The van der Waals surface area contributed by atoms with Crippen molar-refractivity contribution in [3.63, 3.8) is 0 Å². The highest BCUT2D eigenvalue weighted by atomic mass is 35.5. The molecule has 3 N–H and O–H groups in total. The summed E-state index contributed by atoms with van der Waals surface area (Å²) >= 11 is 12.0. The van der Waals surface area contributed by atoms with E-state index in [9.17, 15) is 22.4 Å². The molecule has 0 saturated carbocycles. The molecule has 2 fully saturated rings. The minimum absolute atomic E-state index is 0.0846. The molecule has 0 aliphatic carbocycles. The number of nitrogen functional groups attached to an aromatic ring is 1. The van der Waals surface area contributed by atoms with Gasteiger partial charge < -0.3 is 20.9 Å². The van der Waals surface area contributed by atoms with Crippen LogP contribution in [0.2, 0.25) is 10.0 Å². The first-order chi connectivity index (χ1) is 16.0. The first-order valence-corrected chi connectivity index (χ1v) is 11.4. The van der Waals surface area contributed by atoms with Gasteiger partial charge in [-0.2, -0.15) is 17.6 Å². The summed E-state index contributed by atoms with van der Waals surface area (Å²) in [6, 6.07) is 2.74. The van der Waals surface area contributed by atoms with Gasteiger partial charge in [-0.3, -0.25) is 4.79 Å². The number of rotatable bonds is 4. The predicted molar refractivity (Wildman–Crippen MR) is 121 cm³/mol. The van der Waals surface area contributed by atoms with Crippen LogP contribution in [0.1, 0.15) is 19.3 Å². The number of halogens is 6. The Morgan fingerprint density at radius 3 is 2.47 bits per heavy atom. The molecular weight excluding hydrogens is 499 g/mol. The number of nitrogens with zero attached hydrogens (tertiary/aromatic N) is 4. The van der Waals surface area contributed by atoms with Crippen molar-refractivity contribution in [2.75, 3.05) is 35.6 Å². The van der Waals surface area contributed by atoms with Crippen molar-refractivity contribution >= 4 is 46.4 Å². The molecule has 1 amide bonds. The number of alkyl halides is 3. The molecule has 3 heterocycles. The third-order valence-electron chi connectivity index (χ3n) is 6.18. The number of amides is 1. The van der Waals surface area contributed by atoms with Crippen LogP contribution >= 0.6 is 23.2 Å². The Morgan fingerprint density at radius 1 is 1.09 bits per heavy atom. The van der Waals surface area contributed by atoms with Crippen LogP contribution in [0.25, 0.3) is 0 Å². The summed E-state index contributed by atoms with van der Waals surface area (Å²) in [6.07, 6.45) is -2.86. The van der Waals surface area contributed by atoms with Gasteiger partial charge >= 0.3 is 6.18 Å². The van der Waals surface area contributed by atoms with Crippen molar-refractivity contribution < 1.29 is 22.4 Å². The largest absolute Gasteiger partial charge is 0.393 e. The molecular formula is C21H22Cl2F4N6O. The van der Waals surface area contributed by atoms with Gasteiger partial charge in [-0.1, -0.05) is 23.2 Å². The average molecular weight is 521 g/mol. The maximum Gasteiger partial charge on any atom is 0.393 e. The number of hydrogen-bond acceptors (Lipinski definition) is 6. The summed E-state index contributed by atoms with van der Waals surface area (Å²) < 4.78 is 56.4. The SMILES string of the molecule is Nc1ncnc(N2CC[C@H](C(F)(F)F)[C@@H](N3CCC[C@H](Nc4cc(Cl)cc(Cl)c4)C3=O)C2)c1F. The molecule has 7 nitrogen and oxygen atoms in total. The van der Waals surface area contributed by atoms with Crippen molar-refractivity contribution in [1.82, 2.24) is 14.9 Å². The van der Waals surface area contributed by atoms with Crippen LogP contribution in [0.3, 0.4) is 0 Å². The molecule has 3 atom stereocenters. The van der Waals surface area contributed by atoms with Gasteiger partial charge in [0, 0.05) is 35.4 Å². The van der Waals surface area contributed by atoms with Crippen LogP contribution in [0.15, 0.2) is 24.5 Å². The van der Waals surface area contributed by atoms with Crippen LogP contribution in [-0.2, 0) is 4.79 Å². The maximum absolute atomic E-state index is 14.5. The number of aromatic nitrogens is 2. The minimum atomic E-state index is -4.53. The van der Waals surface area contributed by atoms with Crippen molar-refractivity contribution in [3.8, 4) is 0 Å². The molecule has 184 valence electrons. The lowest BCUT2D eigenvalue weighted by molar-refractivity contribution is -0.197. The van der Waals surface area contributed by atoms with E-state index in [1.54, 1.807) is 12.1 Å². The third-order valence-corrected chi connectivity index (χ3v) is 6.61. The smallest absolute Gasteiger partial charge is 0.381 e. The quantitative estimate of drug-likeness (QED) is 0.582. The highest BCUT2D eigenvalue weighted by Crippen LogP contribution is 2.39. The number of benzene rings is 1. The molecule has 2 saturated heterocycles. The minimum Gasteiger partial charge on any atom is -0.381 e. The van der Waals surface area contributed by atoms with E-state index in [2.05, 4.69) is 15.3 Å². The summed E-state index contributed by atoms with van der Waals surface area (Å²) in [7, 11) is 0. The fourth-order valence-electron chi connectivity index (χ4n) is 4.62. The number of piperidine rings is 2. The number of anilines is 3. The van der Waals surface area contributed by atoms with Crippen molar-refractivity contribution in [2.24, 2.45) is 5.92 Å². The van der Waals surface area contributed by atoms with Gasteiger partial charge in [0.25, 0.3) is 0 Å². The van der Waals surface area contributed by atoms with Crippen LogP contribution in [0, 0.1) is 11.7 Å². The Morgan fingerprint density at radius 2 is 1.79 bits per heavy atom. The van der Waals surface area contributed by atoms with Crippen molar-refractivity contribution in [1.29, 1.82) is 0 Å². The fraction of sp³-hybridized carbons (Fsp3) is 0.476. The molecule has 0 bridgehead atoms. The lowest BCUT2D eigenvalue weighted by Crippen LogP contribution is -2.62. The van der Waals surface area contributed by atoms with E-state index in [1.807, 2.05) is 0 Å². The number of carbonyl (C=O) groups is 1. The molecule has 0 radical (unpaired) electrons. The molecule has 2 aromatic rings. The Balaban J connectivity index is 1.59. The lowest BCUT2D eigenvalue weighted by atomic mass is 9.87. The zero-order chi connectivity index (χ0) is 24.6. The number of likely N-dealkylation sites (tertiary alicyclic amines) is 1. The van der Waals surface area contributed by atoms with Crippen LogP contribution < -0.4 is 16.0 Å². The van der Waals surface area contributed by atoms with E-state index in [-0.39, 0.29) is 31.9 Å². The summed E-state index contributed by atoms with van der Waals surface area (Å²) in [5.74, 6) is -3.68. The van der Waals surface area contributed by atoms with E-state index < -0.39 is 41.7 Å². The van der Waals surface area contributed by atoms with Gasteiger partial charge in [-0.25, -0.2) is 9.97 Å². The van der Waals surface area contributed by atoms with E-state index >= 15 is 0 Å². The van der Waals surface area contributed by atoms with Gasteiger partial charge in [-0.15, -0.1) is 0 Å². The van der Waals surface area contributed by atoms with Crippen LogP contribution in [0.5, 0.6) is 0 Å². The number of carbonyl (C=O) groups excluding carboxylic acids is 1. The summed E-state index contributed by atoms with van der Waals surface area (Å²) in [6.45, 7) is -0.162. The Hall–Kier alpha value is -2.53. The molecule has 0 spiro atoms. The Labute approximate surface area is 203 Å². The standard InChI is InChI=1S/C21H22Cl2F4N6O/c22-11-6-12(23)8-13(7-11)31-15-2-1-4-33(20(15)34)16-9-32(5-3-14(16)21(25,26)27)19-17(24)18(28)29-10-30-19/h6-8,10,14-16,31H,1-5,9H2,(H2,28,29,30)/t14-,15-,16-/m0/s1. The second kappa shape index (κ2) is 9.61. The predicted octanol–water partition coefficient (Wildman–Crippen LogP) is 4.37. The Kier molecular flexibility index (Phi) is 6.95. The van der Waals surface area contributed by atoms with E-state index in [0.717, 1.165) is 6.33 Å². The number of hydrogen-bond donors (Lipinski definition) is 2. The van der Waals surface area contributed by atoms with Gasteiger partial charge in [0.1, 0.15) is 12.4 Å². The van der Waals surface area contributed by atoms with Crippen molar-refractivity contribution in [2.45, 2.75) is 37.5 Å². The lowest BCUT2D eigenvalue weighted by Gasteiger charge is -2.47. The molecule has 1 aromatic carbocycles. The van der Waals surface area contributed by atoms with Gasteiger partial charge in [0.2, 0.25) is 11.7 Å². The maximum atomic E-state index is 14.5. The summed E-state index contributed by atoms with van der Waals surface area (Å²) in [4.78, 5) is 23.4. The van der Waals surface area contributed by atoms with Crippen LogP contribution in [-0.4, -0.2) is 58.7 Å². The highest BCUT2D eigenvalue weighted by molar-refractivity contribution is 6.35. The number of nitrogens with two attached hydrogens (primary N) is 1. The summed E-state index contributed by atoms with van der Waals surface area (Å²) in [5, 5.41) is 3.77. The fourth-order valence-corrected chi connectivity index (χ4v) is 5.14. The topological polar surface area (TPSA) is 87.4 Å². The molecule has 4 rings (SSSR count). The zero-order valence-corrected chi connectivity index (χ0v) is 19.3. The first kappa shape index (κ1) is 24.6. The van der Waals surface area contributed by atoms with Gasteiger partial charge in [0.05, 0.1) is 12.0 Å². The Bertz CT molecular complexity index is 1050. The molecule has 34 heavy (non-hydrogen) atoms. The summed E-state index contributed by atoms with van der Waals surface area (Å²) in [5.41, 5.74) is 6.01. The van der Waals surface area contributed by atoms with Crippen molar-refractivity contribution in [3.05, 3.63) is 40.4 Å². The van der Waals surface area contributed by atoms with E-state index in [1.165, 1.54) is 15.9 Å². The van der Waals surface area contributed by atoms with Gasteiger partial charge in [0.15, 0.2) is 11.6 Å². The second-order valence-electron chi connectivity index (χ2n) is 8.38. The number of nitrogens with one attached hydrogen (secondary N) is 1. The normalized spacial score (nSPS) is 23.8. The van der Waals surface area contributed by atoms with Gasteiger partial charge in [-0.05, 0) is 37.5 Å². The van der Waals surface area contributed by atoms with E-state index in [0.29, 0.717) is 28.6 Å². The molecule has 1 aromatic heterocycles. The molecule has 2 aliphatic heterocycles. The van der Waals surface area contributed by atoms with E-state index in [4.69, 9.17) is 28.9 Å². The second-order valence-corrected chi connectivity index (χ2v) is 9.25. The van der Waals surface area contributed by atoms with Crippen LogP contribution in [0.4, 0.5) is 34.9 Å². The first-order valence-electron chi connectivity index (χ1n) is 10.7. The molecule has 0 unspecified atom stereocenters. The highest BCUT2D eigenvalue weighted by Gasteiger charge is 2.51. The molecule has 13 heteroatoms. The monoisotopic (exact) mass is 520 g/mol. The molecule has 2 aliphatic rings. The zero-order valence-electron chi connectivity index (χ0n) is 17.8. The average Bonchev–Trinajstić information content (AvgIpc) is 2.75.